The third kappa shape index (κ3) is 3.57. The Morgan fingerprint density at radius 1 is 1.47 bits per heavy atom. The molecular formula is C10H18O4S. The first kappa shape index (κ1) is 12.6. The molecular weight excluding hydrogens is 216 g/mol. The van der Waals surface area contributed by atoms with Crippen molar-refractivity contribution in [2.45, 2.75) is 42.6 Å². The Morgan fingerprint density at radius 2 is 2.07 bits per heavy atom. The molecule has 88 valence electrons. The number of rotatable bonds is 5. The zero-order valence-electron chi connectivity index (χ0n) is 8.98. The molecule has 2 atom stereocenters. The fourth-order valence-corrected chi connectivity index (χ4v) is 3.65. The Kier molecular flexibility index (Phi) is 5.25. The molecule has 15 heavy (non-hydrogen) atoms. The first-order valence-corrected chi connectivity index (χ1v) is 6.55. The van der Waals surface area contributed by atoms with Gasteiger partial charge in [-0.05, 0) is 12.8 Å². The van der Waals surface area contributed by atoms with Gasteiger partial charge in [0.15, 0.2) is 5.25 Å². The van der Waals surface area contributed by atoms with E-state index in [4.69, 9.17) is 9.84 Å². The van der Waals surface area contributed by atoms with Gasteiger partial charge in [-0.2, -0.15) is 0 Å². The van der Waals surface area contributed by atoms with Gasteiger partial charge in [0.1, 0.15) is 0 Å². The second-order valence-corrected chi connectivity index (χ2v) is 5.76. The van der Waals surface area contributed by atoms with Crippen LogP contribution in [-0.4, -0.2) is 39.5 Å². The van der Waals surface area contributed by atoms with Gasteiger partial charge in [0.25, 0.3) is 0 Å². The summed E-state index contributed by atoms with van der Waals surface area (Å²) >= 11 is 0. The predicted molar refractivity (Wildman–Crippen MR) is 58.3 cm³/mol. The number of carbonyl (C=O) groups is 1. The van der Waals surface area contributed by atoms with Gasteiger partial charge in [0.2, 0.25) is 0 Å². The standard InChI is InChI=1S/C10H18O4S/c1-14-7-9(10(11)12)15(13)8-5-3-2-4-6-8/h8-9H,2-7H2,1H3,(H,11,12). The van der Waals surface area contributed by atoms with Gasteiger partial charge in [-0.25, -0.2) is 0 Å². The molecule has 0 heterocycles. The number of carboxylic acids is 1. The summed E-state index contributed by atoms with van der Waals surface area (Å²) in [4.78, 5) is 10.9. The normalized spacial score (nSPS) is 22.2. The summed E-state index contributed by atoms with van der Waals surface area (Å²) in [6, 6.07) is 0. The van der Waals surface area contributed by atoms with Crippen LogP contribution in [0.3, 0.4) is 0 Å². The van der Waals surface area contributed by atoms with Crippen molar-refractivity contribution in [1.82, 2.24) is 0 Å². The average molecular weight is 234 g/mol. The van der Waals surface area contributed by atoms with Gasteiger partial charge in [-0.3, -0.25) is 9.00 Å². The van der Waals surface area contributed by atoms with Gasteiger partial charge in [-0.15, -0.1) is 0 Å². The molecule has 0 bridgehead atoms. The van der Waals surface area contributed by atoms with E-state index < -0.39 is 22.0 Å². The summed E-state index contributed by atoms with van der Waals surface area (Å²) in [5.74, 6) is -1.01. The SMILES string of the molecule is COCC(C(=O)O)S(=O)C1CCCCC1. The molecule has 0 aromatic heterocycles. The van der Waals surface area contributed by atoms with E-state index in [0.29, 0.717) is 0 Å². The molecule has 1 aliphatic carbocycles. The van der Waals surface area contributed by atoms with E-state index in [1.807, 2.05) is 0 Å². The van der Waals surface area contributed by atoms with Crippen LogP contribution in [-0.2, 0) is 20.3 Å². The summed E-state index contributed by atoms with van der Waals surface area (Å²) in [7, 11) is 0.140. The minimum Gasteiger partial charge on any atom is -0.480 e. The van der Waals surface area contributed by atoms with Gasteiger partial charge < -0.3 is 9.84 Å². The molecule has 4 nitrogen and oxygen atoms in total. The van der Waals surface area contributed by atoms with Crippen molar-refractivity contribution in [3.05, 3.63) is 0 Å². The predicted octanol–water partition coefficient (Wildman–Crippen LogP) is 1.17. The van der Waals surface area contributed by atoms with E-state index in [-0.39, 0.29) is 11.9 Å². The van der Waals surface area contributed by atoms with E-state index in [1.165, 1.54) is 13.5 Å². The molecule has 0 aromatic rings. The summed E-state index contributed by atoms with van der Waals surface area (Å²) in [6.07, 6.45) is 5.08. The molecule has 2 unspecified atom stereocenters. The van der Waals surface area contributed by atoms with Crippen LogP contribution in [0.5, 0.6) is 0 Å². The van der Waals surface area contributed by atoms with E-state index in [2.05, 4.69) is 0 Å². The molecule has 0 spiro atoms. The third-order valence-corrected chi connectivity index (χ3v) is 4.78. The number of hydrogen-bond donors (Lipinski definition) is 1. The van der Waals surface area contributed by atoms with Gasteiger partial charge in [-0.1, -0.05) is 19.3 Å². The Morgan fingerprint density at radius 3 is 2.53 bits per heavy atom. The molecule has 0 saturated heterocycles. The molecule has 1 aliphatic rings. The zero-order valence-corrected chi connectivity index (χ0v) is 9.79. The molecule has 0 radical (unpaired) electrons. The van der Waals surface area contributed by atoms with Gasteiger partial charge in [0, 0.05) is 23.2 Å². The highest BCUT2D eigenvalue weighted by Crippen LogP contribution is 2.24. The molecule has 1 fully saturated rings. The van der Waals surface area contributed by atoms with Gasteiger partial charge in [0.05, 0.1) is 6.61 Å². The lowest BCUT2D eigenvalue weighted by atomic mass is 10.0. The molecule has 1 rings (SSSR count). The van der Waals surface area contributed by atoms with Crippen molar-refractivity contribution in [3.63, 3.8) is 0 Å². The summed E-state index contributed by atoms with van der Waals surface area (Å²) in [5.41, 5.74) is 0. The Hall–Kier alpha value is -0.420. The fraction of sp³-hybridized carbons (Fsp3) is 0.900. The lowest BCUT2D eigenvalue weighted by Crippen LogP contribution is -2.36. The quantitative estimate of drug-likeness (QED) is 0.775. The highest BCUT2D eigenvalue weighted by Gasteiger charge is 2.31. The van der Waals surface area contributed by atoms with Crippen LogP contribution < -0.4 is 0 Å². The first-order chi connectivity index (χ1) is 7.16. The summed E-state index contributed by atoms with van der Waals surface area (Å²) in [6.45, 7) is 0.0401. The van der Waals surface area contributed by atoms with Crippen molar-refractivity contribution >= 4 is 16.8 Å². The maximum atomic E-state index is 12.0. The van der Waals surface area contributed by atoms with Crippen LogP contribution in [0.1, 0.15) is 32.1 Å². The van der Waals surface area contributed by atoms with Crippen LogP contribution in [0.15, 0.2) is 0 Å². The number of aliphatic carboxylic acids is 1. The van der Waals surface area contributed by atoms with E-state index in [0.717, 1.165) is 25.7 Å². The fourth-order valence-electron chi connectivity index (χ4n) is 1.92. The second kappa shape index (κ2) is 6.23. The zero-order chi connectivity index (χ0) is 11.3. The van der Waals surface area contributed by atoms with Crippen LogP contribution >= 0.6 is 0 Å². The van der Waals surface area contributed by atoms with Crippen molar-refractivity contribution in [3.8, 4) is 0 Å². The van der Waals surface area contributed by atoms with Crippen molar-refractivity contribution in [2.75, 3.05) is 13.7 Å². The maximum absolute atomic E-state index is 12.0. The Labute approximate surface area is 92.5 Å². The highest BCUT2D eigenvalue weighted by atomic mass is 32.2. The second-order valence-electron chi connectivity index (χ2n) is 3.87. The van der Waals surface area contributed by atoms with Crippen LogP contribution in [0.25, 0.3) is 0 Å². The lowest BCUT2D eigenvalue weighted by Gasteiger charge is -2.23. The molecule has 0 aromatic carbocycles. The minimum atomic E-state index is -1.30. The van der Waals surface area contributed by atoms with Crippen LogP contribution in [0.4, 0.5) is 0 Å². The van der Waals surface area contributed by atoms with E-state index >= 15 is 0 Å². The average Bonchev–Trinajstić information content (AvgIpc) is 2.26. The topological polar surface area (TPSA) is 63.6 Å². The molecule has 5 heteroatoms. The van der Waals surface area contributed by atoms with Crippen LogP contribution in [0.2, 0.25) is 0 Å². The van der Waals surface area contributed by atoms with Crippen molar-refractivity contribution in [1.29, 1.82) is 0 Å². The molecule has 0 aliphatic heterocycles. The van der Waals surface area contributed by atoms with E-state index in [9.17, 15) is 9.00 Å². The number of hydrogen-bond acceptors (Lipinski definition) is 3. The van der Waals surface area contributed by atoms with Crippen LogP contribution in [0, 0.1) is 0 Å². The minimum absolute atomic E-state index is 0.0401. The third-order valence-electron chi connectivity index (χ3n) is 2.75. The molecule has 1 N–H and O–H groups in total. The largest absolute Gasteiger partial charge is 0.480 e. The molecule has 0 amide bonds. The van der Waals surface area contributed by atoms with E-state index in [1.54, 1.807) is 0 Å². The summed E-state index contributed by atoms with van der Waals surface area (Å²) in [5, 5.41) is 8.12. The smallest absolute Gasteiger partial charge is 0.321 e. The first-order valence-electron chi connectivity index (χ1n) is 5.28. The summed E-state index contributed by atoms with van der Waals surface area (Å²) < 4.78 is 16.8. The Balaban J connectivity index is 2.57. The van der Waals surface area contributed by atoms with Crippen molar-refractivity contribution < 1.29 is 18.8 Å². The monoisotopic (exact) mass is 234 g/mol. The number of methoxy groups -OCH3 is 1. The highest BCUT2D eigenvalue weighted by molar-refractivity contribution is 7.87. The number of ether oxygens (including phenoxy) is 1. The number of carboxylic acid groups (broad SMARTS) is 1. The lowest BCUT2D eigenvalue weighted by molar-refractivity contribution is -0.137. The van der Waals surface area contributed by atoms with Gasteiger partial charge >= 0.3 is 5.97 Å². The maximum Gasteiger partial charge on any atom is 0.321 e. The molecule has 1 saturated carbocycles. The Bertz CT molecular complexity index is 236. The van der Waals surface area contributed by atoms with Crippen molar-refractivity contribution in [2.24, 2.45) is 0 Å².